The van der Waals surface area contributed by atoms with Crippen LogP contribution in [0.3, 0.4) is 0 Å². The molecule has 0 aromatic carbocycles. The van der Waals surface area contributed by atoms with E-state index in [2.05, 4.69) is 26.3 Å². The van der Waals surface area contributed by atoms with Crippen molar-refractivity contribution < 1.29 is 0 Å². The molecular formula is C10H10BrClN2S. The predicted molar refractivity (Wildman–Crippen MR) is 69.5 cm³/mol. The second-order valence-electron chi connectivity index (χ2n) is 2.95. The Hall–Kier alpha value is -0.420. The van der Waals surface area contributed by atoms with Crippen LogP contribution in [-0.2, 0) is 0 Å². The Balaban J connectivity index is 0.00000112. The molecule has 2 aromatic rings. The van der Waals surface area contributed by atoms with E-state index in [1.165, 1.54) is 0 Å². The molecule has 2 aromatic heterocycles. The lowest BCUT2D eigenvalue weighted by atomic mass is 10.1. The zero-order valence-electron chi connectivity index (χ0n) is 7.76. The van der Waals surface area contributed by atoms with Gasteiger partial charge in [0, 0.05) is 6.20 Å². The van der Waals surface area contributed by atoms with Gasteiger partial charge >= 0.3 is 0 Å². The lowest BCUT2D eigenvalue weighted by molar-refractivity contribution is 0.867. The molecule has 0 saturated carbocycles. The topological polar surface area (TPSA) is 38.9 Å². The molecule has 0 fully saturated rings. The summed E-state index contributed by atoms with van der Waals surface area (Å²) in [7, 11) is 0. The van der Waals surface area contributed by atoms with Crippen LogP contribution in [0, 0.1) is 0 Å². The molecule has 0 radical (unpaired) electrons. The standard InChI is InChI=1S/C10H9BrN2S.ClH/c11-9-2-1-7(5-13-9)10(12)8-3-4-14-6-8;/h1-6,10H,12H2;1H/t10-;/m0./s1. The average Bonchev–Trinajstić information content (AvgIpc) is 2.71. The molecule has 0 aliphatic rings. The molecule has 2 rings (SSSR count). The molecule has 2 heterocycles. The highest BCUT2D eigenvalue weighted by Crippen LogP contribution is 2.21. The zero-order chi connectivity index (χ0) is 9.97. The van der Waals surface area contributed by atoms with Crippen molar-refractivity contribution in [3.63, 3.8) is 0 Å². The van der Waals surface area contributed by atoms with Crippen molar-refractivity contribution in [2.75, 3.05) is 0 Å². The Morgan fingerprint density at radius 1 is 1.27 bits per heavy atom. The van der Waals surface area contributed by atoms with Crippen LogP contribution in [0.25, 0.3) is 0 Å². The molecule has 0 amide bonds. The summed E-state index contributed by atoms with van der Waals surface area (Å²) in [6.07, 6.45) is 1.80. The minimum atomic E-state index is -0.0677. The number of nitrogens with zero attached hydrogens (tertiary/aromatic N) is 1. The van der Waals surface area contributed by atoms with E-state index in [1.807, 2.05) is 23.6 Å². The summed E-state index contributed by atoms with van der Waals surface area (Å²) in [6.45, 7) is 0. The van der Waals surface area contributed by atoms with Gasteiger partial charge in [-0.1, -0.05) is 6.07 Å². The number of hydrogen-bond acceptors (Lipinski definition) is 3. The van der Waals surface area contributed by atoms with Gasteiger partial charge < -0.3 is 5.73 Å². The Labute approximate surface area is 107 Å². The average molecular weight is 306 g/mol. The third-order valence-corrected chi connectivity index (χ3v) is 3.18. The molecule has 0 saturated heterocycles. The second-order valence-corrected chi connectivity index (χ2v) is 4.54. The van der Waals surface area contributed by atoms with Gasteiger partial charge in [-0.15, -0.1) is 12.4 Å². The van der Waals surface area contributed by atoms with E-state index in [-0.39, 0.29) is 18.4 Å². The van der Waals surface area contributed by atoms with E-state index in [9.17, 15) is 0 Å². The van der Waals surface area contributed by atoms with E-state index in [4.69, 9.17) is 5.73 Å². The minimum Gasteiger partial charge on any atom is -0.320 e. The van der Waals surface area contributed by atoms with Gasteiger partial charge in [-0.25, -0.2) is 4.98 Å². The van der Waals surface area contributed by atoms with E-state index in [0.717, 1.165) is 15.7 Å². The first-order valence-corrected chi connectivity index (χ1v) is 5.90. The fourth-order valence-electron chi connectivity index (χ4n) is 1.22. The van der Waals surface area contributed by atoms with Gasteiger partial charge in [0.2, 0.25) is 0 Å². The van der Waals surface area contributed by atoms with E-state index >= 15 is 0 Å². The highest BCUT2D eigenvalue weighted by Gasteiger charge is 2.08. The Kier molecular flexibility index (Phi) is 4.73. The van der Waals surface area contributed by atoms with Crippen molar-refractivity contribution in [1.29, 1.82) is 0 Å². The van der Waals surface area contributed by atoms with Crippen molar-refractivity contribution in [3.8, 4) is 0 Å². The molecule has 0 spiro atoms. The molecular weight excluding hydrogens is 296 g/mol. The van der Waals surface area contributed by atoms with Crippen LogP contribution >= 0.6 is 39.7 Å². The molecule has 1 atom stereocenters. The van der Waals surface area contributed by atoms with Crippen molar-refractivity contribution in [2.24, 2.45) is 5.73 Å². The third-order valence-electron chi connectivity index (χ3n) is 2.01. The molecule has 15 heavy (non-hydrogen) atoms. The molecule has 5 heteroatoms. The zero-order valence-corrected chi connectivity index (χ0v) is 11.0. The second kappa shape index (κ2) is 5.61. The van der Waals surface area contributed by atoms with Crippen molar-refractivity contribution in [2.45, 2.75) is 6.04 Å². The smallest absolute Gasteiger partial charge is 0.106 e. The van der Waals surface area contributed by atoms with Crippen LogP contribution < -0.4 is 5.73 Å². The number of nitrogens with two attached hydrogens (primary N) is 1. The third kappa shape index (κ3) is 3.01. The maximum absolute atomic E-state index is 6.06. The summed E-state index contributed by atoms with van der Waals surface area (Å²) in [5.41, 5.74) is 8.23. The highest BCUT2D eigenvalue weighted by atomic mass is 79.9. The summed E-state index contributed by atoms with van der Waals surface area (Å²) in [6, 6.07) is 5.86. The van der Waals surface area contributed by atoms with Crippen LogP contribution in [0.2, 0.25) is 0 Å². The molecule has 80 valence electrons. The molecule has 0 aliphatic heterocycles. The van der Waals surface area contributed by atoms with E-state index < -0.39 is 0 Å². The van der Waals surface area contributed by atoms with Crippen LogP contribution in [0.1, 0.15) is 17.2 Å². The van der Waals surface area contributed by atoms with Gasteiger partial charge in [-0.3, -0.25) is 0 Å². The van der Waals surface area contributed by atoms with E-state index in [1.54, 1.807) is 17.5 Å². The first kappa shape index (κ1) is 12.6. The Morgan fingerprint density at radius 3 is 2.60 bits per heavy atom. The molecule has 2 nitrogen and oxygen atoms in total. The number of hydrogen-bond donors (Lipinski definition) is 1. The van der Waals surface area contributed by atoms with Crippen molar-refractivity contribution in [1.82, 2.24) is 4.98 Å². The fourth-order valence-corrected chi connectivity index (χ4v) is 2.15. The summed E-state index contributed by atoms with van der Waals surface area (Å²) in [5.74, 6) is 0. The molecule has 0 unspecified atom stereocenters. The van der Waals surface area contributed by atoms with Gasteiger partial charge in [-0.2, -0.15) is 11.3 Å². The maximum Gasteiger partial charge on any atom is 0.106 e. The normalized spacial score (nSPS) is 11.9. The SMILES string of the molecule is Cl.N[C@@H](c1ccc(Br)nc1)c1ccsc1. The fraction of sp³-hybridized carbons (Fsp3) is 0.100. The Morgan fingerprint density at radius 2 is 2.07 bits per heavy atom. The molecule has 0 aliphatic carbocycles. The molecule has 2 N–H and O–H groups in total. The van der Waals surface area contributed by atoms with Crippen LogP contribution in [0.5, 0.6) is 0 Å². The number of halogens is 2. The van der Waals surface area contributed by atoms with Crippen LogP contribution in [0.15, 0.2) is 39.8 Å². The van der Waals surface area contributed by atoms with Crippen molar-refractivity contribution in [3.05, 3.63) is 50.9 Å². The largest absolute Gasteiger partial charge is 0.320 e. The highest BCUT2D eigenvalue weighted by molar-refractivity contribution is 9.10. The number of pyridine rings is 1. The summed E-state index contributed by atoms with van der Waals surface area (Å²) in [5, 5.41) is 4.09. The van der Waals surface area contributed by atoms with Gasteiger partial charge in [-0.05, 0) is 49.9 Å². The summed E-state index contributed by atoms with van der Waals surface area (Å²) in [4.78, 5) is 4.15. The van der Waals surface area contributed by atoms with Crippen LogP contribution in [0.4, 0.5) is 0 Å². The quantitative estimate of drug-likeness (QED) is 0.864. The predicted octanol–water partition coefficient (Wildman–Crippen LogP) is 3.38. The lowest BCUT2D eigenvalue weighted by Gasteiger charge is -2.09. The number of thiophene rings is 1. The van der Waals surface area contributed by atoms with Gasteiger partial charge in [0.25, 0.3) is 0 Å². The monoisotopic (exact) mass is 304 g/mol. The lowest BCUT2D eigenvalue weighted by Crippen LogP contribution is -2.10. The van der Waals surface area contributed by atoms with E-state index in [0.29, 0.717) is 0 Å². The van der Waals surface area contributed by atoms with Gasteiger partial charge in [0.15, 0.2) is 0 Å². The number of aromatic nitrogens is 1. The van der Waals surface area contributed by atoms with Gasteiger partial charge in [0.1, 0.15) is 4.60 Å². The Bertz CT molecular complexity index is 402. The first-order valence-electron chi connectivity index (χ1n) is 4.16. The maximum atomic E-state index is 6.06. The summed E-state index contributed by atoms with van der Waals surface area (Å²) >= 11 is 4.95. The van der Waals surface area contributed by atoms with Crippen LogP contribution in [-0.4, -0.2) is 4.98 Å². The van der Waals surface area contributed by atoms with Gasteiger partial charge in [0.05, 0.1) is 6.04 Å². The minimum absolute atomic E-state index is 0. The summed E-state index contributed by atoms with van der Waals surface area (Å²) < 4.78 is 0.832. The first-order chi connectivity index (χ1) is 6.77. The van der Waals surface area contributed by atoms with Crippen molar-refractivity contribution >= 4 is 39.7 Å². The number of rotatable bonds is 2. The molecule has 0 bridgehead atoms.